The molecule has 3 heteroatoms. The first-order valence-corrected chi connectivity index (χ1v) is 6.14. The predicted octanol–water partition coefficient (Wildman–Crippen LogP) is 2.54. The van der Waals surface area contributed by atoms with Gasteiger partial charge in [0.15, 0.2) is 6.29 Å². The second-order valence-electron chi connectivity index (χ2n) is 4.07. The average molecular weight is 217 g/mol. The van der Waals surface area contributed by atoms with Crippen LogP contribution in [0.4, 0.5) is 0 Å². The Balaban J connectivity index is 3.93. The number of hydrogen-bond acceptors (Lipinski definition) is 3. The number of rotatable bonds is 9. The van der Waals surface area contributed by atoms with Gasteiger partial charge >= 0.3 is 0 Å². The molecule has 0 aromatic rings. The molecule has 2 N–H and O–H groups in total. The molecule has 0 radical (unpaired) electrons. The van der Waals surface area contributed by atoms with E-state index < -0.39 is 0 Å². The van der Waals surface area contributed by atoms with E-state index >= 15 is 0 Å². The Morgan fingerprint density at radius 1 is 1.07 bits per heavy atom. The molecule has 0 aliphatic heterocycles. The zero-order chi connectivity index (χ0) is 11.7. The maximum Gasteiger partial charge on any atom is 0.172 e. The van der Waals surface area contributed by atoms with E-state index in [1.54, 1.807) is 0 Å². The van der Waals surface area contributed by atoms with E-state index in [0.29, 0.717) is 19.1 Å². The van der Waals surface area contributed by atoms with E-state index in [0.717, 1.165) is 6.42 Å². The van der Waals surface area contributed by atoms with Crippen LogP contribution in [-0.4, -0.2) is 25.5 Å². The third-order valence-corrected chi connectivity index (χ3v) is 2.47. The highest BCUT2D eigenvalue weighted by atomic mass is 16.7. The Morgan fingerprint density at radius 2 is 1.60 bits per heavy atom. The van der Waals surface area contributed by atoms with E-state index in [2.05, 4.69) is 13.8 Å². The third kappa shape index (κ3) is 6.88. The molecule has 0 aliphatic carbocycles. The van der Waals surface area contributed by atoms with Gasteiger partial charge in [0.2, 0.25) is 0 Å². The maximum absolute atomic E-state index is 6.07. The first kappa shape index (κ1) is 14.9. The van der Waals surface area contributed by atoms with Gasteiger partial charge in [-0.2, -0.15) is 0 Å². The lowest BCUT2D eigenvalue weighted by molar-refractivity contribution is -0.150. The molecule has 0 spiro atoms. The second kappa shape index (κ2) is 9.13. The highest BCUT2D eigenvalue weighted by Crippen LogP contribution is 2.15. The molecular formula is C12H27NO2. The lowest BCUT2D eigenvalue weighted by Gasteiger charge is -2.25. The van der Waals surface area contributed by atoms with Crippen molar-refractivity contribution in [1.82, 2.24) is 0 Å². The fourth-order valence-corrected chi connectivity index (χ4v) is 1.81. The number of nitrogens with two attached hydrogens (primary N) is 1. The molecule has 0 fully saturated rings. The van der Waals surface area contributed by atoms with Gasteiger partial charge in [-0.05, 0) is 26.2 Å². The van der Waals surface area contributed by atoms with Crippen molar-refractivity contribution in [2.45, 2.75) is 59.3 Å². The first-order chi connectivity index (χ1) is 7.15. The largest absolute Gasteiger partial charge is 0.351 e. The van der Waals surface area contributed by atoms with Crippen molar-refractivity contribution in [2.24, 2.45) is 11.7 Å². The van der Waals surface area contributed by atoms with Crippen LogP contribution in [0.1, 0.15) is 47.0 Å². The Hall–Kier alpha value is -0.120. The summed E-state index contributed by atoms with van der Waals surface area (Å²) >= 11 is 0. The standard InChI is InChI=1S/C12H27NO2/c1-5-8-10(4)9-11(13)12(14-6-2)15-7-3/h10-12H,5-9,13H2,1-4H3. The van der Waals surface area contributed by atoms with Gasteiger partial charge in [0.1, 0.15) is 0 Å². The minimum absolute atomic E-state index is 0.00792. The van der Waals surface area contributed by atoms with Gasteiger partial charge in [-0.1, -0.05) is 26.7 Å². The van der Waals surface area contributed by atoms with E-state index in [4.69, 9.17) is 15.2 Å². The van der Waals surface area contributed by atoms with Crippen LogP contribution in [0.2, 0.25) is 0 Å². The summed E-state index contributed by atoms with van der Waals surface area (Å²) in [5.41, 5.74) is 6.07. The van der Waals surface area contributed by atoms with Gasteiger partial charge in [-0.3, -0.25) is 0 Å². The van der Waals surface area contributed by atoms with Gasteiger partial charge in [0, 0.05) is 13.2 Å². The summed E-state index contributed by atoms with van der Waals surface area (Å²) in [6, 6.07) is -0.00792. The molecule has 0 amide bonds. The number of ether oxygens (including phenoxy) is 2. The van der Waals surface area contributed by atoms with Crippen LogP contribution in [-0.2, 0) is 9.47 Å². The molecule has 0 saturated carbocycles. The molecular weight excluding hydrogens is 190 g/mol. The van der Waals surface area contributed by atoms with Crippen LogP contribution in [0, 0.1) is 5.92 Å². The van der Waals surface area contributed by atoms with Gasteiger partial charge < -0.3 is 15.2 Å². The normalized spacial score (nSPS) is 15.6. The minimum Gasteiger partial charge on any atom is -0.351 e. The predicted molar refractivity (Wildman–Crippen MR) is 63.7 cm³/mol. The molecule has 2 atom stereocenters. The molecule has 0 aromatic heterocycles. The quantitative estimate of drug-likeness (QED) is 0.604. The fraction of sp³-hybridized carbons (Fsp3) is 1.00. The molecule has 0 rings (SSSR count). The highest BCUT2D eigenvalue weighted by molar-refractivity contribution is 4.69. The molecule has 0 aromatic carbocycles. The van der Waals surface area contributed by atoms with Crippen LogP contribution in [0.15, 0.2) is 0 Å². The van der Waals surface area contributed by atoms with Gasteiger partial charge in [0.25, 0.3) is 0 Å². The summed E-state index contributed by atoms with van der Waals surface area (Å²) in [4.78, 5) is 0. The van der Waals surface area contributed by atoms with Crippen molar-refractivity contribution in [1.29, 1.82) is 0 Å². The van der Waals surface area contributed by atoms with E-state index in [9.17, 15) is 0 Å². The Kier molecular flexibility index (Phi) is 9.06. The second-order valence-corrected chi connectivity index (χ2v) is 4.07. The van der Waals surface area contributed by atoms with Crippen molar-refractivity contribution in [3.63, 3.8) is 0 Å². The lowest BCUT2D eigenvalue weighted by atomic mass is 9.97. The summed E-state index contributed by atoms with van der Waals surface area (Å²) in [5.74, 6) is 0.647. The van der Waals surface area contributed by atoms with E-state index in [1.165, 1.54) is 12.8 Å². The minimum atomic E-state index is -0.237. The SMILES string of the molecule is CCCC(C)CC(N)C(OCC)OCC. The molecule has 0 bridgehead atoms. The topological polar surface area (TPSA) is 44.5 Å². The van der Waals surface area contributed by atoms with Crippen LogP contribution in [0.3, 0.4) is 0 Å². The molecule has 92 valence electrons. The molecule has 0 heterocycles. The fourth-order valence-electron chi connectivity index (χ4n) is 1.81. The van der Waals surface area contributed by atoms with Gasteiger partial charge in [-0.25, -0.2) is 0 Å². The summed E-state index contributed by atoms with van der Waals surface area (Å²) in [7, 11) is 0. The van der Waals surface area contributed by atoms with Crippen LogP contribution in [0.5, 0.6) is 0 Å². The van der Waals surface area contributed by atoms with Crippen molar-refractivity contribution in [3.8, 4) is 0 Å². The average Bonchev–Trinajstić information content (AvgIpc) is 2.17. The van der Waals surface area contributed by atoms with Crippen molar-refractivity contribution in [3.05, 3.63) is 0 Å². The maximum atomic E-state index is 6.07. The zero-order valence-corrected chi connectivity index (χ0v) is 10.7. The highest BCUT2D eigenvalue weighted by Gasteiger charge is 2.20. The smallest absolute Gasteiger partial charge is 0.172 e. The molecule has 0 saturated heterocycles. The monoisotopic (exact) mass is 217 g/mol. The number of hydrogen-bond donors (Lipinski definition) is 1. The van der Waals surface area contributed by atoms with E-state index in [1.807, 2.05) is 13.8 Å². The van der Waals surface area contributed by atoms with Crippen molar-refractivity contribution < 1.29 is 9.47 Å². The first-order valence-electron chi connectivity index (χ1n) is 6.14. The summed E-state index contributed by atoms with van der Waals surface area (Å²) < 4.78 is 11.0. The molecule has 3 nitrogen and oxygen atoms in total. The molecule has 2 unspecified atom stereocenters. The Morgan fingerprint density at radius 3 is 2.00 bits per heavy atom. The lowest BCUT2D eigenvalue weighted by Crippen LogP contribution is -2.40. The summed E-state index contributed by atoms with van der Waals surface area (Å²) in [6.07, 6.45) is 3.17. The Labute approximate surface area is 94.3 Å². The van der Waals surface area contributed by atoms with Crippen molar-refractivity contribution in [2.75, 3.05) is 13.2 Å². The van der Waals surface area contributed by atoms with Gasteiger partial charge in [0.05, 0.1) is 6.04 Å². The summed E-state index contributed by atoms with van der Waals surface area (Å²) in [6.45, 7) is 9.67. The summed E-state index contributed by atoms with van der Waals surface area (Å²) in [5, 5.41) is 0. The van der Waals surface area contributed by atoms with Gasteiger partial charge in [-0.15, -0.1) is 0 Å². The van der Waals surface area contributed by atoms with Crippen LogP contribution >= 0.6 is 0 Å². The van der Waals surface area contributed by atoms with E-state index in [-0.39, 0.29) is 12.3 Å². The van der Waals surface area contributed by atoms with Crippen LogP contribution in [0.25, 0.3) is 0 Å². The molecule has 15 heavy (non-hydrogen) atoms. The Bertz CT molecular complexity index is 136. The third-order valence-electron chi connectivity index (χ3n) is 2.47. The zero-order valence-electron chi connectivity index (χ0n) is 10.7. The molecule has 0 aliphatic rings. The van der Waals surface area contributed by atoms with Crippen LogP contribution < -0.4 is 5.73 Å². The van der Waals surface area contributed by atoms with Crippen molar-refractivity contribution >= 4 is 0 Å².